The van der Waals surface area contributed by atoms with Crippen LogP contribution in [0, 0.1) is 0 Å². The van der Waals surface area contributed by atoms with Crippen LogP contribution in [0.2, 0.25) is 0 Å². The molecule has 0 aliphatic carbocycles. The molecule has 2 nitrogen and oxygen atoms in total. The molecule has 0 bridgehead atoms. The fraction of sp³-hybridized carbons (Fsp3) is 0.400. The van der Waals surface area contributed by atoms with E-state index in [0.717, 1.165) is 17.4 Å². The molecular weight excluding hydrogens is 228 g/mol. The van der Waals surface area contributed by atoms with Gasteiger partial charge in [0.1, 0.15) is 0 Å². The summed E-state index contributed by atoms with van der Waals surface area (Å²) in [6, 6.07) is 6.77. The molecule has 1 heterocycles. The number of hydrogen-bond acceptors (Lipinski definition) is 2. The maximum absolute atomic E-state index is 3.52. The van der Waals surface area contributed by atoms with E-state index in [4.69, 9.17) is 0 Å². The maximum atomic E-state index is 3.52. The number of anilines is 2. The molecule has 0 aromatic heterocycles. The van der Waals surface area contributed by atoms with Crippen LogP contribution in [-0.2, 0) is 0 Å². The second-order valence-electron chi connectivity index (χ2n) is 3.29. The Morgan fingerprint density at radius 3 is 3.15 bits per heavy atom. The van der Waals surface area contributed by atoms with Gasteiger partial charge in [0.2, 0.25) is 0 Å². The predicted molar refractivity (Wildman–Crippen MR) is 60.3 cm³/mol. The molecule has 70 valence electrons. The van der Waals surface area contributed by atoms with Gasteiger partial charge >= 0.3 is 0 Å². The summed E-state index contributed by atoms with van der Waals surface area (Å²) in [4.78, 5) is 0. The predicted octanol–water partition coefficient (Wildman–Crippen LogP) is 3.07. The summed E-state index contributed by atoms with van der Waals surface area (Å²) in [5.74, 6) is 0. The fourth-order valence-electron chi connectivity index (χ4n) is 1.57. The standard InChI is InChI=1S/C10H13BrN2/c1-2-7-6-12-10-8(11)4-3-5-9(10)13-7/h3-5,7,12-13H,2,6H2,1H3. The van der Waals surface area contributed by atoms with E-state index in [1.807, 2.05) is 0 Å². The first-order valence-electron chi connectivity index (χ1n) is 4.60. The average molecular weight is 241 g/mol. The van der Waals surface area contributed by atoms with E-state index in [2.05, 4.69) is 51.7 Å². The third-order valence-corrected chi connectivity index (χ3v) is 3.05. The Morgan fingerprint density at radius 2 is 2.38 bits per heavy atom. The highest BCUT2D eigenvalue weighted by Gasteiger charge is 2.16. The molecule has 1 unspecified atom stereocenters. The molecule has 13 heavy (non-hydrogen) atoms. The third-order valence-electron chi connectivity index (χ3n) is 2.39. The molecule has 2 N–H and O–H groups in total. The van der Waals surface area contributed by atoms with Gasteiger partial charge in [-0.2, -0.15) is 0 Å². The van der Waals surface area contributed by atoms with Crippen molar-refractivity contribution in [2.45, 2.75) is 19.4 Å². The molecule has 1 aromatic rings. The van der Waals surface area contributed by atoms with Gasteiger partial charge in [-0.25, -0.2) is 0 Å². The van der Waals surface area contributed by atoms with Crippen molar-refractivity contribution in [3.8, 4) is 0 Å². The molecule has 2 rings (SSSR count). The monoisotopic (exact) mass is 240 g/mol. The largest absolute Gasteiger partial charge is 0.380 e. The van der Waals surface area contributed by atoms with Gasteiger partial charge in [-0.1, -0.05) is 13.0 Å². The van der Waals surface area contributed by atoms with Crippen LogP contribution in [0.3, 0.4) is 0 Å². The van der Waals surface area contributed by atoms with E-state index >= 15 is 0 Å². The van der Waals surface area contributed by atoms with E-state index in [9.17, 15) is 0 Å². The molecular formula is C10H13BrN2. The van der Waals surface area contributed by atoms with Gasteiger partial charge in [0.25, 0.3) is 0 Å². The Labute approximate surface area is 86.9 Å². The summed E-state index contributed by atoms with van der Waals surface area (Å²) in [5, 5.41) is 6.92. The number of nitrogens with one attached hydrogen (secondary N) is 2. The smallest absolute Gasteiger partial charge is 0.0721 e. The quantitative estimate of drug-likeness (QED) is 0.789. The van der Waals surface area contributed by atoms with E-state index in [1.54, 1.807) is 0 Å². The highest BCUT2D eigenvalue weighted by atomic mass is 79.9. The minimum Gasteiger partial charge on any atom is -0.380 e. The number of halogens is 1. The summed E-state index contributed by atoms with van der Waals surface area (Å²) < 4.78 is 1.13. The summed E-state index contributed by atoms with van der Waals surface area (Å²) in [6.07, 6.45) is 1.15. The minimum absolute atomic E-state index is 0.557. The summed E-state index contributed by atoms with van der Waals surface area (Å²) in [6.45, 7) is 3.20. The van der Waals surface area contributed by atoms with E-state index in [1.165, 1.54) is 11.4 Å². The molecule has 0 amide bonds. The van der Waals surface area contributed by atoms with Gasteiger partial charge in [0.15, 0.2) is 0 Å². The van der Waals surface area contributed by atoms with Crippen LogP contribution in [-0.4, -0.2) is 12.6 Å². The van der Waals surface area contributed by atoms with Gasteiger partial charge < -0.3 is 10.6 Å². The molecule has 0 fully saturated rings. The van der Waals surface area contributed by atoms with Crippen molar-refractivity contribution in [2.75, 3.05) is 17.2 Å². The molecule has 1 aliphatic heterocycles. The van der Waals surface area contributed by atoms with Crippen LogP contribution < -0.4 is 10.6 Å². The SMILES string of the molecule is CCC1CNc2c(Br)cccc2N1. The van der Waals surface area contributed by atoms with Crippen LogP contribution >= 0.6 is 15.9 Å². The second kappa shape index (κ2) is 3.58. The van der Waals surface area contributed by atoms with Gasteiger partial charge in [-0.05, 0) is 34.5 Å². The molecule has 0 radical (unpaired) electrons. The molecule has 1 atom stereocenters. The number of hydrogen-bond donors (Lipinski definition) is 2. The topological polar surface area (TPSA) is 24.1 Å². The third kappa shape index (κ3) is 1.66. The van der Waals surface area contributed by atoms with Crippen LogP contribution in [0.1, 0.15) is 13.3 Å². The Hall–Kier alpha value is -0.700. The van der Waals surface area contributed by atoms with Gasteiger partial charge in [-0.15, -0.1) is 0 Å². The van der Waals surface area contributed by atoms with Crippen LogP contribution in [0.25, 0.3) is 0 Å². The van der Waals surface area contributed by atoms with E-state index < -0.39 is 0 Å². The van der Waals surface area contributed by atoms with Gasteiger partial charge in [0, 0.05) is 17.1 Å². The number of benzene rings is 1. The zero-order chi connectivity index (χ0) is 9.26. The van der Waals surface area contributed by atoms with Crippen molar-refractivity contribution >= 4 is 27.3 Å². The lowest BCUT2D eigenvalue weighted by atomic mass is 10.1. The first kappa shape index (κ1) is 8.88. The highest BCUT2D eigenvalue weighted by Crippen LogP contribution is 2.33. The number of fused-ring (bicyclic) bond motifs is 1. The van der Waals surface area contributed by atoms with Crippen molar-refractivity contribution < 1.29 is 0 Å². The van der Waals surface area contributed by atoms with Crippen LogP contribution in [0.5, 0.6) is 0 Å². The second-order valence-corrected chi connectivity index (χ2v) is 4.15. The highest BCUT2D eigenvalue weighted by molar-refractivity contribution is 9.10. The maximum Gasteiger partial charge on any atom is 0.0721 e. The Morgan fingerprint density at radius 1 is 1.54 bits per heavy atom. The lowest BCUT2D eigenvalue weighted by molar-refractivity contribution is 0.713. The summed E-state index contributed by atoms with van der Waals surface area (Å²) in [5.41, 5.74) is 2.39. The molecule has 0 saturated carbocycles. The van der Waals surface area contributed by atoms with Crippen molar-refractivity contribution in [1.29, 1.82) is 0 Å². The zero-order valence-corrected chi connectivity index (χ0v) is 9.19. The van der Waals surface area contributed by atoms with Crippen LogP contribution in [0.15, 0.2) is 22.7 Å². The molecule has 0 saturated heterocycles. The zero-order valence-electron chi connectivity index (χ0n) is 7.60. The van der Waals surface area contributed by atoms with Gasteiger partial charge in [-0.3, -0.25) is 0 Å². The molecule has 3 heteroatoms. The lowest BCUT2D eigenvalue weighted by Gasteiger charge is -2.28. The fourth-order valence-corrected chi connectivity index (χ4v) is 2.07. The number of para-hydroxylation sites is 1. The lowest BCUT2D eigenvalue weighted by Crippen LogP contribution is -2.32. The normalized spacial score (nSPS) is 20.0. The number of rotatable bonds is 1. The molecule has 1 aromatic carbocycles. The minimum atomic E-state index is 0.557. The Balaban J connectivity index is 2.31. The average Bonchev–Trinajstić information content (AvgIpc) is 2.18. The van der Waals surface area contributed by atoms with Crippen LogP contribution in [0.4, 0.5) is 11.4 Å². The first-order chi connectivity index (χ1) is 6.31. The first-order valence-corrected chi connectivity index (χ1v) is 5.39. The molecule has 0 spiro atoms. The summed E-state index contributed by atoms with van der Waals surface area (Å²) >= 11 is 3.52. The molecule has 1 aliphatic rings. The van der Waals surface area contributed by atoms with Gasteiger partial charge in [0.05, 0.1) is 11.4 Å². The van der Waals surface area contributed by atoms with Crippen molar-refractivity contribution in [2.24, 2.45) is 0 Å². The van der Waals surface area contributed by atoms with Crippen molar-refractivity contribution in [3.63, 3.8) is 0 Å². The van der Waals surface area contributed by atoms with E-state index in [-0.39, 0.29) is 0 Å². The Kier molecular flexibility index (Phi) is 2.44. The Bertz CT molecular complexity index is 312. The van der Waals surface area contributed by atoms with Crippen molar-refractivity contribution in [3.05, 3.63) is 22.7 Å². The summed E-state index contributed by atoms with van der Waals surface area (Å²) in [7, 11) is 0. The van der Waals surface area contributed by atoms with E-state index in [0.29, 0.717) is 6.04 Å². The van der Waals surface area contributed by atoms with Crippen molar-refractivity contribution in [1.82, 2.24) is 0 Å².